The fraction of sp³-hybridized carbons (Fsp3) is 0.417. The van der Waals surface area contributed by atoms with E-state index in [1.165, 1.54) is 7.11 Å². The zero-order chi connectivity index (χ0) is 26.8. The minimum Gasteiger partial charge on any atom is -0.481 e. The van der Waals surface area contributed by atoms with Crippen molar-refractivity contribution in [2.75, 3.05) is 33.5 Å². The van der Waals surface area contributed by atoms with E-state index in [1.54, 1.807) is 38.1 Å². The average molecular weight is 525 g/mol. The van der Waals surface area contributed by atoms with E-state index in [2.05, 4.69) is 10.6 Å². The van der Waals surface area contributed by atoms with Gasteiger partial charge in [-0.25, -0.2) is 9.59 Å². The number of benzene rings is 1. The highest BCUT2D eigenvalue weighted by Crippen LogP contribution is 2.41. The molecule has 0 saturated carbocycles. The van der Waals surface area contributed by atoms with Crippen LogP contribution in [0.25, 0.3) is 0 Å². The quantitative estimate of drug-likeness (QED) is 0.220. The smallest absolute Gasteiger partial charge is 0.336 e. The van der Waals surface area contributed by atoms with Crippen molar-refractivity contribution in [2.24, 2.45) is 0 Å². The fourth-order valence-electron chi connectivity index (χ4n) is 3.76. The van der Waals surface area contributed by atoms with Gasteiger partial charge in [-0.1, -0.05) is 29.8 Å². The second kappa shape index (κ2) is 13.6. The van der Waals surface area contributed by atoms with Gasteiger partial charge in [-0.3, -0.25) is 9.59 Å². The molecule has 11 nitrogen and oxygen atoms in total. The number of carboxylic acid groups (broad SMARTS) is 2. The lowest BCUT2D eigenvalue weighted by molar-refractivity contribution is -0.146. The molecule has 0 bridgehead atoms. The highest BCUT2D eigenvalue weighted by Gasteiger charge is 2.39. The zero-order valence-electron chi connectivity index (χ0n) is 20.1. The summed E-state index contributed by atoms with van der Waals surface area (Å²) in [6.07, 6.45) is -0.588. The van der Waals surface area contributed by atoms with E-state index in [1.807, 2.05) is 0 Å². The van der Waals surface area contributed by atoms with Gasteiger partial charge in [-0.15, -0.1) is 0 Å². The van der Waals surface area contributed by atoms with Crippen molar-refractivity contribution in [3.05, 3.63) is 57.4 Å². The molecule has 0 amide bonds. The van der Waals surface area contributed by atoms with Crippen molar-refractivity contribution in [3.63, 3.8) is 0 Å². The molecular formula is C24H29ClN2O9. The molecule has 36 heavy (non-hydrogen) atoms. The zero-order valence-corrected chi connectivity index (χ0v) is 20.9. The van der Waals surface area contributed by atoms with E-state index in [9.17, 15) is 19.2 Å². The number of carbonyl (C=O) groups excluding carboxylic acids is 2. The van der Waals surface area contributed by atoms with Gasteiger partial charge in [0.05, 0.1) is 56.1 Å². The van der Waals surface area contributed by atoms with E-state index >= 15 is 0 Å². The molecule has 1 aliphatic rings. The maximum Gasteiger partial charge on any atom is 0.336 e. The van der Waals surface area contributed by atoms with Crippen molar-refractivity contribution in [3.8, 4) is 0 Å². The van der Waals surface area contributed by atoms with Gasteiger partial charge >= 0.3 is 23.9 Å². The highest BCUT2D eigenvalue weighted by atomic mass is 35.5. The van der Waals surface area contributed by atoms with Crippen molar-refractivity contribution in [1.29, 1.82) is 0 Å². The van der Waals surface area contributed by atoms with Crippen LogP contribution in [-0.4, -0.2) is 73.6 Å². The summed E-state index contributed by atoms with van der Waals surface area (Å²) in [5, 5.41) is 23.9. The van der Waals surface area contributed by atoms with Gasteiger partial charge in [0.2, 0.25) is 0 Å². The highest BCUT2D eigenvalue weighted by molar-refractivity contribution is 6.31. The molecule has 4 N–H and O–H groups in total. The molecule has 196 valence electrons. The molecule has 0 radical (unpaired) electrons. The Hall–Kier alpha value is -3.41. The molecule has 0 aliphatic carbocycles. The van der Waals surface area contributed by atoms with Crippen molar-refractivity contribution in [2.45, 2.75) is 32.2 Å². The minimum atomic E-state index is -1.29. The van der Waals surface area contributed by atoms with Crippen LogP contribution in [0.1, 0.15) is 31.7 Å². The van der Waals surface area contributed by atoms with Gasteiger partial charge in [0, 0.05) is 17.3 Å². The van der Waals surface area contributed by atoms with Crippen molar-refractivity contribution < 1.29 is 43.6 Å². The van der Waals surface area contributed by atoms with Crippen molar-refractivity contribution in [1.82, 2.24) is 10.6 Å². The van der Waals surface area contributed by atoms with Gasteiger partial charge in [-0.05, 0) is 25.5 Å². The van der Waals surface area contributed by atoms with Crippen LogP contribution >= 0.6 is 11.6 Å². The van der Waals surface area contributed by atoms with E-state index in [0.717, 1.165) is 0 Å². The van der Waals surface area contributed by atoms with Crippen LogP contribution in [0.15, 0.2) is 46.8 Å². The summed E-state index contributed by atoms with van der Waals surface area (Å²) >= 11 is 6.45. The van der Waals surface area contributed by atoms with Crippen LogP contribution in [0.4, 0.5) is 0 Å². The number of rotatable bonds is 13. The molecule has 12 heteroatoms. The number of halogens is 1. The van der Waals surface area contributed by atoms with E-state index in [4.69, 9.17) is 36.0 Å². The van der Waals surface area contributed by atoms with Crippen LogP contribution < -0.4 is 10.6 Å². The second-order valence-electron chi connectivity index (χ2n) is 7.72. The number of nitrogens with one attached hydrogen (secondary N) is 2. The molecule has 0 spiro atoms. The Balaban J connectivity index is 2.35. The predicted octanol–water partition coefficient (Wildman–Crippen LogP) is 1.83. The first kappa shape index (κ1) is 28.8. The first-order valence-electron chi connectivity index (χ1n) is 11.1. The summed E-state index contributed by atoms with van der Waals surface area (Å²) in [7, 11) is 1.24. The molecule has 1 aromatic carbocycles. The third-order valence-electron chi connectivity index (χ3n) is 5.32. The Morgan fingerprint density at radius 3 is 2.42 bits per heavy atom. The SMILES string of the molecule is CCOC(=O)C1=C(COCCNC(CC(=O)O)C(=O)O)NC(C)=C(C(=O)OC)[C@@H]1c1ccccc1Cl. The number of esters is 2. The number of methoxy groups -OCH3 is 1. The molecular weight excluding hydrogens is 496 g/mol. The first-order chi connectivity index (χ1) is 17.1. The first-order valence-corrected chi connectivity index (χ1v) is 11.5. The lowest BCUT2D eigenvalue weighted by Crippen LogP contribution is -2.40. The van der Waals surface area contributed by atoms with Gasteiger partial charge in [0.1, 0.15) is 6.04 Å². The third kappa shape index (κ3) is 7.30. The number of allylic oxidation sites excluding steroid dienone is 1. The Bertz CT molecular complexity index is 1070. The third-order valence-corrected chi connectivity index (χ3v) is 5.67. The van der Waals surface area contributed by atoms with Crippen LogP contribution in [0.3, 0.4) is 0 Å². The van der Waals surface area contributed by atoms with Gasteiger partial charge in [-0.2, -0.15) is 0 Å². The molecule has 0 saturated heterocycles. The second-order valence-corrected chi connectivity index (χ2v) is 8.13. The standard InChI is InChI=1S/C24H29ClN2O9/c1-4-36-24(33)21-17(12-35-10-9-26-16(22(30)31)11-18(28)29)27-13(2)19(23(32)34-3)20(21)14-7-5-6-8-15(14)25/h5-8,16,20,26-27H,4,9-12H2,1-3H3,(H,28,29)(H,30,31)/t16?,20-/m0/s1. The van der Waals surface area contributed by atoms with Gasteiger partial charge in [0.15, 0.2) is 0 Å². The number of carbonyl (C=O) groups is 4. The Labute approximate surface area is 213 Å². The van der Waals surface area contributed by atoms with E-state index in [0.29, 0.717) is 22.0 Å². The molecule has 2 atom stereocenters. The Morgan fingerprint density at radius 1 is 1.14 bits per heavy atom. The minimum absolute atomic E-state index is 0.00800. The van der Waals surface area contributed by atoms with Crippen LogP contribution in [0.2, 0.25) is 5.02 Å². The van der Waals surface area contributed by atoms with E-state index < -0.39 is 42.3 Å². The topological polar surface area (TPSA) is 160 Å². The maximum absolute atomic E-state index is 13.1. The molecule has 2 rings (SSSR count). The lowest BCUT2D eigenvalue weighted by atomic mass is 9.80. The number of dihydropyridines is 1. The van der Waals surface area contributed by atoms with Gasteiger partial charge < -0.3 is 35.1 Å². The fourth-order valence-corrected chi connectivity index (χ4v) is 4.01. The summed E-state index contributed by atoms with van der Waals surface area (Å²) in [6, 6.07) is 5.52. The number of hydrogen-bond donors (Lipinski definition) is 4. The average Bonchev–Trinajstić information content (AvgIpc) is 2.82. The normalized spacial score (nSPS) is 16.3. The van der Waals surface area contributed by atoms with Crippen LogP contribution in [0.5, 0.6) is 0 Å². The predicted molar refractivity (Wildman–Crippen MR) is 128 cm³/mol. The molecule has 0 aromatic heterocycles. The number of ether oxygens (including phenoxy) is 3. The van der Waals surface area contributed by atoms with E-state index in [-0.39, 0.29) is 37.5 Å². The summed E-state index contributed by atoms with van der Waals surface area (Å²) in [5.41, 5.74) is 1.59. The summed E-state index contributed by atoms with van der Waals surface area (Å²) in [6.45, 7) is 3.34. The van der Waals surface area contributed by atoms with Crippen LogP contribution in [-0.2, 0) is 33.4 Å². The summed E-state index contributed by atoms with van der Waals surface area (Å²) in [5.74, 6) is -4.75. The molecule has 1 aliphatic heterocycles. The number of carboxylic acids is 2. The van der Waals surface area contributed by atoms with Gasteiger partial charge in [0.25, 0.3) is 0 Å². The van der Waals surface area contributed by atoms with Crippen molar-refractivity contribution >= 4 is 35.5 Å². The molecule has 0 fully saturated rings. The Kier molecular flexibility index (Phi) is 10.9. The lowest BCUT2D eigenvalue weighted by Gasteiger charge is -2.31. The number of aliphatic carboxylic acids is 2. The summed E-state index contributed by atoms with van der Waals surface area (Å²) < 4.78 is 15.9. The molecule has 1 unspecified atom stereocenters. The number of hydrogen-bond acceptors (Lipinski definition) is 9. The Morgan fingerprint density at radius 2 is 1.83 bits per heavy atom. The largest absolute Gasteiger partial charge is 0.481 e. The summed E-state index contributed by atoms with van der Waals surface area (Å²) in [4.78, 5) is 47.8. The van der Waals surface area contributed by atoms with Crippen LogP contribution in [0, 0.1) is 0 Å². The molecule has 1 heterocycles. The maximum atomic E-state index is 13.1. The monoisotopic (exact) mass is 524 g/mol. The molecule has 1 aromatic rings.